The lowest BCUT2D eigenvalue weighted by Crippen LogP contribution is -2.28. The molecule has 238 valence electrons. The van der Waals surface area contributed by atoms with Crippen LogP contribution in [0.15, 0.2) is 101 Å². The molecule has 0 spiro atoms. The Balaban J connectivity index is 0.000000181. The maximum Gasteiger partial charge on any atom is 0.307 e. The van der Waals surface area contributed by atoms with E-state index in [1.54, 1.807) is 54.6 Å². The van der Waals surface area contributed by atoms with E-state index in [0.29, 0.717) is 30.5 Å². The van der Waals surface area contributed by atoms with Crippen molar-refractivity contribution in [2.75, 3.05) is 0 Å². The largest absolute Gasteiger partial charge is 0.508 e. The number of aliphatic carboxylic acids is 2. The summed E-state index contributed by atoms with van der Waals surface area (Å²) in [5.74, 6) is -1.14. The van der Waals surface area contributed by atoms with Crippen molar-refractivity contribution >= 4 is 22.8 Å². The average Bonchev–Trinajstić information content (AvgIpc) is 3.40. The van der Waals surface area contributed by atoms with Crippen LogP contribution in [0.1, 0.15) is 42.1 Å². The molecule has 1 aliphatic carbocycles. The zero-order valence-corrected chi connectivity index (χ0v) is 25.5. The Labute approximate surface area is 265 Å². The first-order chi connectivity index (χ1) is 21.9. The molecule has 0 bridgehead atoms. The molecule has 1 aliphatic heterocycles. The molecule has 0 fully saturated rings. The highest BCUT2D eigenvalue weighted by Gasteiger charge is 2.35. The van der Waals surface area contributed by atoms with E-state index in [9.17, 15) is 35.1 Å². The molecule has 46 heavy (non-hydrogen) atoms. The summed E-state index contributed by atoms with van der Waals surface area (Å²) in [4.78, 5) is 24.4. The van der Waals surface area contributed by atoms with Crippen LogP contribution in [0.5, 0.6) is 17.2 Å². The smallest absolute Gasteiger partial charge is 0.307 e. The molecule has 6 N–H and O–H groups in total. The number of aromatic nitrogens is 1. The fourth-order valence-electron chi connectivity index (χ4n) is 6.26. The number of aliphatic hydroxyl groups is 1. The minimum Gasteiger partial charge on any atom is -0.508 e. The van der Waals surface area contributed by atoms with E-state index < -0.39 is 11.9 Å². The van der Waals surface area contributed by atoms with E-state index in [4.69, 9.17) is 5.11 Å². The summed E-state index contributed by atoms with van der Waals surface area (Å²) in [5.41, 5.74) is 6.53. The van der Waals surface area contributed by atoms with Crippen LogP contribution < -0.4 is 0 Å². The number of phenolic OH excluding ortho intramolecular Hbond substituents is 3. The summed E-state index contributed by atoms with van der Waals surface area (Å²) in [7, 11) is 0. The summed E-state index contributed by atoms with van der Waals surface area (Å²) in [6, 6.07) is 19.1. The molecule has 0 amide bonds. The van der Waals surface area contributed by atoms with E-state index in [1.807, 2.05) is 42.7 Å². The summed E-state index contributed by atoms with van der Waals surface area (Å²) in [6.45, 7) is 4.75. The Hall–Kier alpha value is -5.64. The Morgan fingerprint density at radius 3 is 2.24 bits per heavy atom. The second-order valence-electron chi connectivity index (χ2n) is 11.4. The first-order valence-corrected chi connectivity index (χ1v) is 14.8. The molecule has 3 aromatic carbocycles. The van der Waals surface area contributed by atoms with Gasteiger partial charge in [0.2, 0.25) is 0 Å². The highest BCUT2D eigenvalue weighted by Crippen LogP contribution is 2.41. The van der Waals surface area contributed by atoms with Crippen molar-refractivity contribution < 1.29 is 40.2 Å². The summed E-state index contributed by atoms with van der Waals surface area (Å²) in [6.07, 6.45) is 3.77. The Morgan fingerprint density at radius 1 is 0.848 bits per heavy atom. The van der Waals surface area contributed by atoms with Crippen molar-refractivity contribution in [1.29, 1.82) is 0 Å². The lowest BCUT2D eigenvalue weighted by atomic mass is 9.97. The maximum absolute atomic E-state index is 11.2. The van der Waals surface area contributed by atoms with Crippen LogP contribution >= 0.6 is 0 Å². The van der Waals surface area contributed by atoms with E-state index in [1.165, 1.54) is 0 Å². The number of rotatable bonds is 8. The molecule has 4 aromatic rings. The van der Waals surface area contributed by atoms with Gasteiger partial charge in [-0.2, -0.15) is 0 Å². The third-order valence-corrected chi connectivity index (χ3v) is 8.49. The van der Waals surface area contributed by atoms with Crippen molar-refractivity contribution in [3.05, 3.63) is 124 Å². The fraction of sp³-hybridized carbons (Fsp3) is 0.222. The van der Waals surface area contributed by atoms with E-state index in [-0.39, 0.29) is 41.9 Å². The number of aliphatic hydroxyl groups excluding tert-OH is 1. The normalized spacial score (nSPS) is 15.6. The standard InChI is InChI=1S/C18H17NO4.C18H19NO4/c1-11-13(9-17(22)23)18-14(6-4-8-16(18)21)19(11)10-12-5-2-3-7-15(12)20;1-11-16(9-18(22)23)15-6-5-14(21)8-17(15)19(11)10-12-3-2-4-13(20)7-12/h2-8,20-21H,9-10H2,1H3,(H,22,23);2-5,7-8,11,20-21H,6,9-10H2,1H3,(H,22,23). The SMILES string of the molecule is CC1C(CC(=O)O)=C2CC=C(O)C=C2N1Cc1cccc(O)c1.Cc1c(CC(=O)O)c2c(O)cccc2n1Cc1ccccc1O. The molecule has 10 nitrogen and oxygen atoms in total. The third kappa shape index (κ3) is 6.56. The Kier molecular flexibility index (Phi) is 9.08. The minimum atomic E-state index is -0.946. The van der Waals surface area contributed by atoms with Crippen LogP contribution in [-0.2, 0) is 29.1 Å². The lowest BCUT2D eigenvalue weighted by molar-refractivity contribution is -0.137. The molecule has 10 heteroatoms. The lowest BCUT2D eigenvalue weighted by Gasteiger charge is -2.28. The molecule has 1 aromatic heterocycles. The second-order valence-corrected chi connectivity index (χ2v) is 11.4. The van der Waals surface area contributed by atoms with Gasteiger partial charge in [-0.15, -0.1) is 0 Å². The number of para-hydroxylation sites is 1. The molecule has 2 heterocycles. The highest BCUT2D eigenvalue weighted by molar-refractivity contribution is 5.93. The summed E-state index contributed by atoms with van der Waals surface area (Å²) in [5, 5.41) is 58.5. The van der Waals surface area contributed by atoms with Crippen LogP contribution in [0.4, 0.5) is 0 Å². The van der Waals surface area contributed by atoms with Crippen molar-refractivity contribution in [3.63, 3.8) is 0 Å². The van der Waals surface area contributed by atoms with Crippen molar-refractivity contribution in [1.82, 2.24) is 9.47 Å². The maximum atomic E-state index is 11.2. The fourth-order valence-corrected chi connectivity index (χ4v) is 6.26. The monoisotopic (exact) mass is 624 g/mol. The van der Waals surface area contributed by atoms with Gasteiger partial charge < -0.3 is 40.1 Å². The number of carboxylic acids is 2. The molecule has 2 aliphatic rings. The molecule has 0 radical (unpaired) electrons. The summed E-state index contributed by atoms with van der Waals surface area (Å²) < 4.78 is 1.92. The highest BCUT2D eigenvalue weighted by atomic mass is 16.4. The van der Waals surface area contributed by atoms with Crippen molar-refractivity contribution in [2.45, 2.75) is 52.2 Å². The van der Waals surface area contributed by atoms with E-state index in [0.717, 1.165) is 39.2 Å². The van der Waals surface area contributed by atoms with Crippen LogP contribution in [-0.4, -0.2) is 58.1 Å². The van der Waals surface area contributed by atoms with Crippen LogP contribution in [0, 0.1) is 6.92 Å². The van der Waals surface area contributed by atoms with Gasteiger partial charge >= 0.3 is 11.9 Å². The van der Waals surface area contributed by atoms with E-state index in [2.05, 4.69) is 4.90 Å². The number of nitrogens with zero attached hydrogens (tertiary/aromatic N) is 2. The Morgan fingerprint density at radius 2 is 1.54 bits per heavy atom. The molecular formula is C36H36N2O8. The quantitative estimate of drug-likeness (QED) is 0.135. The zero-order chi connectivity index (χ0) is 33.1. The molecule has 1 atom stereocenters. The minimum absolute atomic E-state index is 0.00101. The van der Waals surface area contributed by atoms with Gasteiger partial charge in [0, 0.05) is 41.0 Å². The topological polar surface area (TPSA) is 164 Å². The number of hydrogen-bond donors (Lipinski definition) is 6. The first-order valence-electron chi connectivity index (χ1n) is 14.8. The van der Waals surface area contributed by atoms with Crippen LogP contribution in [0.3, 0.4) is 0 Å². The number of fused-ring (bicyclic) bond motifs is 2. The molecular weight excluding hydrogens is 588 g/mol. The zero-order valence-electron chi connectivity index (χ0n) is 25.5. The number of carboxylic acid groups (broad SMARTS) is 2. The number of hydrogen-bond acceptors (Lipinski definition) is 7. The molecule has 0 saturated heterocycles. The second kappa shape index (κ2) is 13.2. The summed E-state index contributed by atoms with van der Waals surface area (Å²) >= 11 is 0. The number of allylic oxidation sites excluding steroid dienone is 3. The van der Waals surface area contributed by atoms with Gasteiger partial charge in [0.25, 0.3) is 0 Å². The number of phenols is 3. The van der Waals surface area contributed by atoms with Gasteiger partial charge in [-0.25, -0.2) is 0 Å². The van der Waals surface area contributed by atoms with Gasteiger partial charge in [0.05, 0.1) is 24.9 Å². The Bertz CT molecular complexity index is 1920. The van der Waals surface area contributed by atoms with Crippen molar-refractivity contribution in [3.8, 4) is 17.2 Å². The number of benzene rings is 3. The molecule has 6 rings (SSSR count). The number of aromatic hydroxyl groups is 3. The number of carbonyl (C=O) groups is 2. The van der Waals surface area contributed by atoms with E-state index >= 15 is 0 Å². The predicted molar refractivity (Wildman–Crippen MR) is 173 cm³/mol. The molecule has 0 saturated carbocycles. The average molecular weight is 625 g/mol. The van der Waals surface area contributed by atoms with Gasteiger partial charge in [-0.3, -0.25) is 9.59 Å². The first kappa shape index (κ1) is 31.8. The predicted octanol–water partition coefficient (Wildman–Crippen LogP) is 6.13. The third-order valence-electron chi connectivity index (χ3n) is 8.49. The van der Waals surface area contributed by atoms with Crippen molar-refractivity contribution in [2.24, 2.45) is 0 Å². The molecule has 1 unspecified atom stereocenters. The van der Waals surface area contributed by atoms with Gasteiger partial charge in [-0.05, 0) is 78.9 Å². The van der Waals surface area contributed by atoms with Gasteiger partial charge in [-0.1, -0.05) is 36.4 Å². The van der Waals surface area contributed by atoms with Gasteiger partial charge in [0.15, 0.2) is 0 Å². The van der Waals surface area contributed by atoms with Crippen LogP contribution in [0.2, 0.25) is 0 Å². The van der Waals surface area contributed by atoms with Crippen LogP contribution in [0.25, 0.3) is 10.9 Å². The van der Waals surface area contributed by atoms with Gasteiger partial charge in [0.1, 0.15) is 23.0 Å².